The largest absolute Gasteiger partial charge is 0.490 e. The van der Waals surface area contributed by atoms with E-state index in [1.807, 2.05) is 80.6 Å². The summed E-state index contributed by atoms with van der Waals surface area (Å²) in [5, 5.41) is 3.00. The molecule has 0 bridgehead atoms. The van der Waals surface area contributed by atoms with Crippen molar-refractivity contribution in [3.05, 3.63) is 82.3 Å². The van der Waals surface area contributed by atoms with Crippen LogP contribution in [0.25, 0.3) is 0 Å². The number of halogens is 1. The number of rotatable bonds is 7. The summed E-state index contributed by atoms with van der Waals surface area (Å²) in [7, 11) is 0. The van der Waals surface area contributed by atoms with Crippen molar-refractivity contribution in [1.82, 2.24) is 0 Å². The highest BCUT2D eigenvalue weighted by Crippen LogP contribution is 2.43. The second kappa shape index (κ2) is 9.35. The van der Waals surface area contributed by atoms with E-state index in [0.717, 1.165) is 27.0 Å². The molecule has 1 heterocycles. The smallest absolute Gasteiger partial charge is 0.238 e. The van der Waals surface area contributed by atoms with E-state index in [2.05, 4.69) is 21.2 Å². The van der Waals surface area contributed by atoms with E-state index < -0.39 is 5.92 Å². The van der Waals surface area contributed by atoms with Crippen LogP contribution in [0.3, 0.4) is 0 Å². The molecule has 0 radical (unpaired) electrons. The van der Waals surface area contributed by atoms with Crippen molar-refractivity contribution in [2.75, 3.05) is 18.5 Å². The number of fused-ring (bicyclic) bond motifs is 1. The van der Waals surface area contributed by atoms with Crippen molar-refractivity contribution in [2.24, 2.45) is 4.99 Å². The van der Waals surface area contributed by atoms with E-state index in [4.69, 9.17) is 14.5 Å². The molecule has 31 heavy (non-hydrogen) atoms. The van der Waals surface area contributed by atoms with Crippen LogP contribution in [0.5, 0.6) is 11.5 Å². The van der Waals surface area contributed by atoms with Crippen LogP contribution in [-0.2, 0) is 4.79 Å². The highest BCUT2D eigenvalue weighted by molar-refractivity contribution is 9.10. The van der Waals surface area contributed by atoms with E-state index in [1.165, 1.54) is 0 Å². The first-order valence-corrected chi connectivity index (χ1v) is 11.0. The predicted octanol–water partition coefficient (Wildman–Crippen LogP) is 6.10. The van der Waals surface area contributed by atoms with Crippen molar-refractivity contribution in [3.8, 4) is 11.5 Å². The molecule has 158 valence electrons. The number of ether oxygens (including phenoxy) is 2. The van der Waals surface area contributed by atoms with Crippen molar-refractivity contribution < 1.29 is 14.3 Å². The Morgan fingerprint density at radius 3 is 2.26 bits per heavy atom. The van der Waals surface area contributed by atoms with E-state index in [1.54, 1.807) is 0 Å². The second-order valence-corrected chi connectivity index (χ2v) is 7.93. The SMILES string of the molecule is CCOc1cc2c(cc1OCC)C(C(=Nc1ccc(Br)cc1)c1ccccc1)C(=O)N2. The lowest BCUT2D eigenvalue weighted by atomic mass is 9.90. The van der Waals surface area contributed by atoms with E-state index in [0.29, 0.717) is 30.4 Å². The quantitative estimate of drug-likeness (QED) is 0.417. The molecule has 1 unspecified atom stereocenters. The first-order chi connectivity index (χ1) is 15.1. The van der Waals surface area contributed by atoms with Crippen molar-refractivity contribution in [1.29, 1.82) is 0 Å². The topological polar surface area (TPSA) is 59.9 Å². The van der Waals surface area contributed by atoms with Gasteiger partial charge in [0.05, 0.1) is 24.6 Å². The molecule has 1 atom stereocenters. The second-order valence-electron chi connectivity index (χ2n) is 7.01. The van der Waals surface area contributed by atoms with Crippen LogP contribution in [0.15, 0.2) is 76.2 Å². The van der Waals surface area contributed by atoms with Crippen molar-refractivity contribution >= 4 is 38.9 Å². The van der Waals surface area contributed by atoms with Gasteiger partial charge in [0.25, 0.3) is 0 Å². The molecule has 6 heteroatoms. The molecule has 3 aromatic carbocycles. The van der Waals surface area contributed by atoms with Gasteiger partial charge in [-0.2, -0.15) is 0 Å². The Morgan fingerprint density at radius 1 is 0.968 bits per heavy atom. The monoisotopic (exact) mass is 478 g/mol. The van der Waals surface area contributed by atoms with Crippen LogP contribution in [0.2, 0.25) is 0 Å². The maximum atomic E-state index is 13.1. The highest BCUT2D eigenvalue weighted by Gasteiger charge is 2.36. The molecule has 0 aliphatic carbocycles. The van der Waals surface area contributed by atoms with Gasteiger partial charge in [0.15, 0.2) is 11.5 Å². The van der Waals surface area contributed by atoms with Crippen molar-refractivity contribution in [2.45, 2.75) is 19.8 Å². The zero-order valence-electron chi connectivity index (χ0n) is 17.4. The number of nitrogens with zero attached hydrogens (tertiary/aromatic N) is 1. The molecule has 1 N–H and O–H groups in total. The third-order valence-electron chi connectivity index (χ3n) is 4.97. The minimum Gasteiger partial charge on any atom is -0.490 e. The standard InChI is InChI=1S/C25H23BrN2O3/c1-3-30-21-14-19-20(15-22(21)31-4-2)28-25(29)23(19)24(16-8-6-5-7-9-16)27-18-12-10-17(26)11-13-18/h5-15,23H,3-4H2,1-2H3,(H,28,29). The summed E-state index contributed by atoms with van der Waals surface area (Å²) < 4.78 is 12.5. The Hall–Kier alpha value is -3.12. The van der Waals surface area contributed by atoms with E-state index in [9.17, 15) is 4.79 Å². The molecule has 1 aliphatic heterocycles. The average Bonchev–Trinajstić information content (AvgIpc) is 3.09. The summed E-state index contributed by atoms with van der Waals surface area (Å²) in [5.41, 5.74) is 3.91. The van der Waals surface area contributed by atoms with Crippen LogP contribution in [-0.4, -0.2) is 24.8 Å². The summed E-state index contributed by atoms with van der Waals surface area (Å²) in [5.74, 6) is 0.567. The van der Waals surface area contributed by atoms with Gasteiger partial charge in [0.1, 0.15) is 5.92 Å². The third-order valence-corrected chi connectivity index (χ3v) is 5.49. The van der Waals surface area contributed by atoms with Gasteiger partial charge in [0.2, 0.25) is 5.91 Å². The number of anilines is 1. The lowest BCUT2D eigenvalue weighted by Crippen LogP contribution is -2.22. The first-order valence-electron chi connectivity index (χ1n) is 10.2. The maximum absolute atomic E-state index is 13.1. The zero-order valence-corrected chi connectivity index (χ0v) is 19.0. The molecule has 0 fully saturated rings. The maximum Gasteiger partial charge on any atom is 0.238 e. The minimum absolute atomic E-state index is 0.120. The number of amides is 1. The van der Waals surface area contributed by atoms with E-state index >= 15 is 0 Å². The van der Waals surface area contributed by atoms with Gasteiger partial charge in [-0.3, -0.25) is 9.79 Å². The summed E-state index contributed by atoms with van der Waals surface area (Å²) in [6.45, 7) is 4.86. The van der Waals surface area contributed by atoms with Gasteiger partial charge in [-0.05, 0) is 55.3 Å². The molecular weight excluding hydrogens is 456 g/mol. The number of hydrogen-bond acceptors (Lipinski definition) is 4. The summed E-state index contributed by atoms with van der Waals surface area (Å²) in [6.07, 6.45) is 0. The van der Waals surface area contributed by atoms with Crippen LogP contribution in [0, 0.1) is 0 Å². The van der Waals surface area contributed by atoms with Crippen LogP contribution in [0.1, 0.15) is 30.9 Å². The number of aliphatic imine (C=N–C) groups is 1. The minimum atomic E-state index is -0.559. The fourth-order valence-electron chi connectivity index (χ4n) is 3.64. The number of benzene rings is 3. The number of nitrogens with one attached hydrogen (secondary N) is 1. The van der Waals surface area contributed by atoms with Gasteiger partial charge in [0, 0.05) is 16.2 Å². The Kier molecular flexibility index (Phi) is 6.37. The van der Waals surface area contributed by atoms with Gasteiger partial charge in [-0.25, -0.2) is 0 Å². The number of carbonyl (C=O) groups excluding carboxylic acids is 1. The van der Waals surface area contributed by atoms with Crippen LogP contribution in [0.4, 0.5) is 11.4 Å². The fraction of sp³-hybridized carbons (Fsp3) is 0.200. The zero-order chi connectivity index (χ0) is 21.8. The van der Waals surface area contributed by atoms with Crippen LogP contribution < -0.4 is 14.8 Å². The van der Waals surface area contributed by atoms with Gasteiger partial charge in [-0.15, -0.1) is 0 Å². The Balaban J connectivity index is 1.86. The molecule has 0 saturated carbocycles. The van der Waals surface area contributed by atoms with Gasteiger partial charge < -0.3 is 14.8 Å². The Morgan fingerprint density at radius 2 is 1.61 bits per heavy atom. The van der Waals surface area contributed by atoms with Crippen LogP contribution >= 0.6 is 15.9 Å². The number of carbonyl (C=O) groups is 1. The molecule has 0 aromatic heterocycles. The predicted molar refractivity (Wildman–Crippen MR) is 127 cm³/mol. The summed E-state index contributed by atoms with van der Waals surface area (Å²) in [6, 6.07) is 21.2. The lowest BCUT2D eigenvalue weighted by Gasteiger charge is -2.16. The molecule has 5 nitrogen and oxygen atoms in total. The summed E-state index contributed by atoms with van der Waals surface area (Å²) in [4.78, 5) is 18.0. The first kappa shape index (κ1) is 21.1. The fourth-order valence-corrected chi connectivity index (χ4v) is 3.90. The number of hydrogen-bond donors (Lipinski definition) is 1. The van der Waals surface area contributed by atoms with Gasteiger partial charge in [-0.1, -0.05) is 46.3 Å². The molecule has 4 rings (SSSR count). The normalized spacial score (nSPS) is 15.4. The van der Waals surface area contributed by atoms with Gasteiger partial charge >= 0.3 is 0 Å². The average molecular weight is 479 g/mol. The lowest BCUT2D eigenvalue weighted by molar-refractivity contribution is -0.115. The van der Waals surface area contributed by atoms with Crippen molar-refractivity contribution in [3.63, 3.8) is 0 Å². The molecule has 0 saturated heterocycles. The highest BCUT2D eigenvalue weighted by atomic mass is 79.9. The van der Waals surface area contributed by atoms with E-state index in [-0.39, 0.29) is 5.91 Å². The third kappa shape index (κ3) is 4.49. The molecular formula is C25H23BrN2O3. The Bertz CT molecular complexity index is 1110. The molecule has 1 amide bonds. The molecule has 1 aliphatic rings. The Labute approximate surface area is 190 Å². The summed E-state index contributed by atoms with van der Waals surface area (Å²) >= 11 is 3.46. The molecule has 3 aromatic rings. The molecule has 0 spiro atoms.